The molecular formula is C21H21BrFN3O3. The zero-order chi connectivity index (χ0) is 20.8. The molecule has 29 heavy (non-hydrogen) atoms. The maximum Gasteiger partial charge on any atom is 0.253 e. The lowest BCUT2D eigenvalue weighted by molar-refractivity contribution is -0.126. The van der Waals surface area contributed by atoms with E-state index in [1.165, 1.54) is 30.5 Å². The number of benzene rings is 2. The van der Waals surface area contributed by atoms with Crippen LogP contribution in [-0.4, -0.2) is 43.1 Å². The molecule has 2 aromatic carbocycles. The molecular weight excluding hydrogens is 441 g/mol. The standard InChI is InChI=1S/C21H21BrFN3O3/c1-29-19-7-4-17(22)12-16(19)13-24-25-20(27)14-8-10-26(11-9-14)21(28)15-2-5-18(23)6-3-15/h2-7,12-14H,8-11H2,1H3,(H,25,27)/b24-13-. The molecule has 3 rings (SSSR count). The van der Waals surface area contributed by atoms with Gasteiger partial charge in [-0.15, -0.1) is 0 Å². The van der Waals surface area contributed by atoms with Crippen LogP contribution in [0.25, 0.3) is 0 Å². The molecule has 2 aromatic rings. The van der Waals surface area contributed by atoms with Crippen molar-refractivity contribution in [1.82, 2.24) is 10.3 Å². The van der Waals surface area contributed by atoms with Crippen LogP contribution in [-0.2, 0) is 4.79 Å². The van der Waals surface area contributed by atoms with E-state index in [1.807, 2.05) is 12.1 Å². The number of likely N-dealkylation sites (tertiary alicyclic amines) is 1. The minimum absolute atomic E-state index is 0.149. The number of hydrogen-bond acceptors (Lipinski definition) is 4. The summed E-state index contributed by atoms with van der Waals surface area (Å²) in [5, 5.41) is 4.03. The van der Waals surface area contributed by atoms with Crippen LogP contribution in [0.3, 0.4) is 0 Å². The molecule has 8 heteroatoms. The lowest BCUT2D eigenvalue weighted by Crippen LogP contribution is -2.42. The second-order valence-electron chi connectivity index (χ2n) is 6.69. The van der Waals surface area contributed by atoms with E-state index in [-0.39, 0.29) is 23.5 Å². The Morgan fingerprint density at radius 2 is 1.90 bits per heavy atom. The smallest absolute Gasteiger partial charge is 0.253 e. The number of halogens is 2. The first-order valence-corrected chi connectivity index (χ1v) is 9.98. The second-order valence-corrected chi connectivity index (χ2v) is 7.61. The highest BCUT2D eigenvalue weighted by Gasteiger charge is 2.27. The molecule has 0 aromatic heterocycles. The molecule has 0 atom stereocenters. The molecule has 1 fully saturated rings. The summed E-state index contributed by atoms with van der Waals surface area (Å²) >= 11 is 3.39. The van der Waals surface area contributed by atoms with Gasteiger partial charge in [-0.25, -0.2) is 9.82 Å². The van der Waals surface area contributed by atoms with E-state index in [0.29, 0.717) is 37.2 Å². The molecule has 1 aliphatic rings. The molecule has 6 nitrogen and oxygen atoms in total. The van der Waals surface area contributed by atoms with Crippen LogP contribution in [0.4, 0.5) is 4.39 Å². The first-order chi connectivity index (χ1) is 14.0. The van der Waals surface area contributed by atoms with Crippen LogP contribution in [0.1, 0.15) is 28.8 Å². The van der Waals surface area contributed by atoms with Crippen molar-refractivity contribution in [2.24, 2.45) is 11.0 Å². The maximum atomic E-state index is 13.0. The van der Waals surface area contributed by atoms with E-state index < -0.39 is 0 Å². The van der Waals surface area contributed by atoms with Gasteiger partial charge in [-0.1, -0.05) is 15.9 Å². The highest BCUT2D eigenvalue weighted by molar-refractivity contribution is 9.10. The number of methoxy groups -OCH3 is 1. The van der Waals surface area contributed by atoms with Gasteiger partial charge in [-0.05, 0) is 55.3 Å². The summed E-state index contributed by atoms with van der Waals surface area (Å²) in [7, 11) is 1.57. The summed E-state index contributed by atoms with van der Waals surface area (Å²) in [4.78, 5) is 26.5. The molecule has 0 spiro atoms. The average Bonchev–Trinajstić information content (AvgIpc) is 2.74. The van der Waals surface area contributed by atoms with Crippen LogP contribution in [0.5, 0.6) is 5.75 Å². The van der Waals surface area contributed by atoms with Gasteiger partial charge >= 0.3 is 0 Å². The van der Waals surface area contributed by atoms with Gasteiger partial charge in [0.15, 0.2) is 0 Å². The number of carbonyl (C=O) groups is 2. The number of amides is 2. The van der Waals surface area contributed by atoms with Gasteiger partial charge in [-0.3, -0.25) is 9.59 Å². The van der Waals surface area contributed by atoms with Crippen LogP contribution >= 0.6 is 15.9 Å². The quantitative estimate of drug-likeness (QED) is 0.546. The van der Waals surface area contributed by atoms with Crippen molar-refractivity contribution in [3.05, 3.63) is 63.9 Å². The number of hydrogen-bond donors (Lipinski definition) is 1. The summed E-state index contributed by atoms with van der Waals surface area (Å²) in [6, 6.07) is 11.0. The largest absolute Gasteiger partial charge is 0.496 e. The molecule has 0 radical (unpaired) electrons. The van der Waals surface area contributed by atoms with Gasteiger partial charge in [-0.2, -0.15) is 5.10 Å². The highest BCUT2D eigenvalue weighted by atomic mass is 79.9. The monoisotopic (exact) mass is 461 g/mol. The third-order valence-electron chi connectivity index (χ3n) is 4.81. The van der Waals surface area contributed by atoms with E-state index in [0.717, 1.165) is 10.0 Å². The molecule has 0 unspecified atom stereocenters. The molecule has 1 heterocycles. The van der Waals surface area contributed by atoms with Crippen LogP contribution < -0.4 is 10.2 Å². The van der Waals surface area contributed by atoms with E-state index >= 15 is 0 Å². The van der Waals surface area contributed by atoms with Gasteiger partial charge < -0.3 is 9.64 Å². The Morgan fingerprint density at radius 1 is 1.21 bits per heavy atom. The molecule has 0 aliphatic carbocycles. The zero-order valence-electron chi connectivity index (χ0n) is 15.9. The molecule has 152 valence electrons. The predicted octanol–water partition coefficient (Wildman–Crippen LogP) is 3.60. The minimum atomic E-state index is -0.377. The molecule has 1 N–H and O–H groups in total. The van der Waals surface area contributed by atoms with Crippen molar-refractivity contribution >= 4 is 34.0 Å². The summed E-state index contributed by atoms with van der Waals surface area (Å²) in [5.41, 5.74) is 3.75. The third kappa shape index (κ3) is 5.41. The fourth-order valence-electron chi connectivity index (χ4n) is 3.18. The van der Waals surface area contributed by atoms with E-state index in [2.05, 4.69) is 26.5 Å². The molecule has 2 amide bonds. The first kappa shape index (κ1) is 21.0. The van der Waals surface area contributed by atoms with E-state index in [4.69, 9.17) is 4.74 Å². The summed E-state index contributed by atoms with van der Waals surface area (Å²) in [6.07, 6.45) is 2.64. The van der Waals surface area contributed by atoms with Crippen molar-refractivity contribution in [2.45, 2.75) is 12.8 Å². The fourth-order valence-corrected chi connectivity index (χ4v) is 3.56. The van der Waals surface area contributed by atoms with E-state index in [1.54, 1.807) is 18.1 Å². The number of hydrazone groups is 1. The Morgan fingerprint density at radius 3 is 2.55 bits per heavy atom. The van der Waals surface area contributed by atoms with Crippen molar-refractivity contribution < 1.29 is 18.7 Å². The average molecular weight is 462 g/mol. The Kier molecular flexibility index (Phi) is 6.98. The van der Waals surface area contributed by atoms with Crippen molar-refractivity contribution in [2.75, 3.05) is 20.2 Å². The Bertz CT molecular complexity index is 910. The molecule has 1 saturated heterocycles. The molecule has 0 saturated carbocycles. The third-order valence-corrected chi connectivity index (χ3v) is 5.31. The van der Waals surface area contributed by atoms with E-state index in [9.17, 15) is 14.0 Å². The topological polar surface area (TPSA) is 71.0 Å². The lowest BCUT2D eigenvalue weighted by atomic mass is 9.95. The van der Waals surface area contributed by atoms with Gasteiger partial charge in [0, 0.05) is 34.6 Å². The van der Waals surface area contributed by atoms with Gasteiger partial charge in [0.25, 0.3) is 5.91 Å². The number of piperidine rings is 1. The second kappa shape index (κ2) is 9.65. The number of carbonyl (C=O) groups excluding carboxylic acids is 2. The Hall–Kier alpha value is -2.74. The zero-order valence-corrected chi connectivity index (χ0v) is 17.5. The van der Waals surface area contributed by atoms with Crippen molar-refractivity contribution in [3.63, 3.8) is 0 Å². The van der Waals surface area contributed by atoms with Crippen LogP contribution in [0.15, 0.2) is 52.0 Å². The van der Waals surface area contributed by atoms with Crippen LogP contribution in [0.2, 0.25) is 0 Å². The number of nitrogens with zero attached hydrogens (tertiary/aromatic N) is 2. The number of rotatable bonds is 5. The van der Waals surface area contributed by atoms with Crippen molar-refractivity contribution in [1.29, 1.82) is 0 Å². The van der Waals surface area contributed by atoms with Crippen LogP contribution in [0, 0.1) is 11.7 Å². The Balaban J connectivity index is 1.52. The summed E-state index contributed by atoms with van der Waals surface area (Å²) < 4.78 is 19.2. The minimum Gasteiger partial charge on any atom is -0.496 e. The SMILES string of the molecule is COc1ccc(Br)cc1/C=N\NC(=O)C1CCN(C(=O)c2ccc(F)cc2)CC1. The first-order valence-electron chi connectivity index (χ1n) is 9.19. The number of nitrogens with one attached hydrogen (secondary N) is 1. The van der Waals surface area contributed by atoms with Gasteiger partial charge in [0.05, 0.1) is 13.3 Å². The predicted molar refractivity (Wildman–Crippen MR) is 111 cm³/mol. The normalized spacial score (nSPS) is 14.8. The molecule has 0 bridgehead atoms. The van der Waals surface area contributed by atoms with Gasteiger partial charge in [0.1, 0.15) is 11.6 Å². The van der Waals surface area contributed by atoms with Gasteiger partial charge in [0.2, 0.25) is 5.91 Å². The highest BCUT2D eigenvalue weighted by Crippen LogP contribution is 2.22. The fraction of sp³-hybridized carbons (Fsp3) is 0.286. The number of ether oxygens (including phenoxy) is 1. The molecule has 1 aliphatic heterocycles. The summed E-state index contributed by atoms with van der Waals surface area (Å²) in [6.45, 7) is 0.939. The lowest BCUT2D eigenvalue weighted by Gasteiger charge is -2.31. The van der Waals surface area contributed by atoms with Crippen molar-refractivity contribution in [3.8, 4) is 5.75 Å². The Labute approximate surface area is 176 Å². The summed E-state index contributed by atoms with van der Waals surface area (Å²) in [5.74, 6) is -0.265. The maximum absolute atomic E-state index is 13.0.